The van der Waals surface area contributed by atoms with Crippen LogP contribution in [-0.2, 0) is 16.1 Å². The lowest BCUT2D eigenvalue weighted by molar-refractivity contribution is -0.136. The molecule has 0 saturated heterocycles. The third kappa shape index (κ3) is 4.77. The molecule has 0 spiro atoms. The molecule has 1 heterocycles. The molecule has 1 saturated carbocycles. The molecule has 2 aromatic carbocycles. The molecule has 1 aromatic heterocycles. The van der Waals surface area contributed by atoms with Gasteiger partial charge in [0.2, 0.25) is 0 Å². The fourth-order valence-electron chi connectivity index (χ4n) is 2.89. The minimum absolute atomic E-state index is 0.116. The number of nitrogens with zero attached hydrogens (tertiary/aromatic N) is 3. The fraction of sp³-hybridized carbons (Fsp3) is 0.238. The summed E-state index contributed by atoms with van der Waals surface area (Å²) in [4.78, 5) is 24.7. The SMILES string of the molecule is Cc1ccc(Oc2ccc(Cl)cc2NC(=O)C(=O)NCc2nncn2C2CC2)cc1. The monoisotopic (exact) mass is 425 g/mol. The van der Waals surface area contributed by atoms with Gasteiger partial charge in [-0.3, -0.25) is 9.59 Å². The smallest absolute Gasteiger partial charge is 0.313 e. The van der Waals surface area contributed by atoms with E-state index in [9.17, 15) is 9.59 Å². The summed E-state index contributed by atoms with van der Waals surface area (Å²) in [6.07, 6.45) is 3.77. The van der Waals surface area contributed by atoms with Gasteiger partial charge < -0.3 is 19.9 Å². The lowest BCUT2D eigenvalue weighted by Gasteiger charge is -2.13. The second kappa shape index (κ2) is 8.54. The molecule has 2 amide bonds. The van der Waals surface area contributed by atoms with E-state index in [1.165, 1.54) is 6.07 Å². The zero-order chi connectivity index (χ0) is 21.1. The molecule has 1 fully saturated rings. The molecule has 30 heavy (non-hydrogen) atoms. The molecule has 8 nitrogen and oxygen atoms in total. The third-order valence-electron chi connectivity index (χ3n) is 4.64. The molecular formula is C21H20ClN5O3. The molecular weight excluding hydrogens is 406 g/mol. The van der Waals surface area contributed by atoms with E-state index in [1.54, 1.807) is 18.5 Å². The maximum Gasteiger partial charge on any atom is 0.313 e. The average molecular weight is 426 g/mol. The first-order valence-electron chi connectivity index (χ1n) is 9.51. The number of nitrogens with one attached hydrogen (secondary N) is 2. The Labute approximate surface area is 178 Å². The number of hydrogen-bond donors (Lipinski definition) is 2. The first kappa shape index (κ1) is 19.9. The van der Waals surface area contributed by atoms with Crippen molar-refractivity contribution in [1.82, 2.24) is 20.1 Å². The molecule has 9 heteroatoms. The van der Waals surface area contributed by atoms with Gasteiger partial charge in [-0.1, -0.05) is 29.3 Å². The highest BCUT2D eigenvalue weighted by Crippen LogP contribution is 2.35. The topological polar surface area (TPSA) is 98.1 Å². The van der Waals surface area contributed by atoms with Crippen molar-refractivity contribution in [2.45, 2.75) is 32.4 Å². The van der Waals surface area contributed by atoms with Crippen molar-refractivity contribution in [3.05, 3.63) is 65.2 Å². The van der Waals surface area contributed by atoms with Gasteiger partial charge in [0.25, 0.3) is 0 Å². The number of anilines is 1. The number of rotatable bonds is 6. The molecule has 1 aliphatic rings. The molecule has 2 N–H and O–H groups in total. The largest absolute Gasteiger partial charge is 0.455 e. The van der Waals surface area contributed by atoms with E-state index in [4.69, 9.17) is 16.3 Å². The van der Waals surface area contributed by atoms with Crippen LogP contribution in [0.4, 0.5) is 5.69 Å². The summed E-state index contributed by atoms with van der Waals surface area (Å²) in [5.74, 6) is -0.0323. The summed E-state index contributed by atoms with van der Waals surface area (Å²) in [5, 5.41) is 13.4. The van der Waals surface area contributed by atoms with Crippen molar-refractivity contribution < 1.29 is 14.3 Å². The molecule has 1 aliphatic carbocycles. The Morgan fingerprint density at radius 3 is 2.67 bits per heavy atom. The number of aromatic nitrogens is 3. The number of amides is 2. The van der Waals surface area contributed by atoms with Gasteiger partial charge in [0.05, 0.1) is 12.2 Å². The summed E-state index contributed by atoms with van der Waals surface area (Å²) in [6.45, 7) is 2.09. The average Bonchev–Trinajstić information content (AvgIpc) is 3.47. The van der Waals surface area contributed by atoms with Gasteiger partial charge in [0.1, 0.15) is 12.1 Å². The van der Waals surface area contributed by atoms with E-state index in [0.29, 0.717) is 34.1 Å². The van der Waals surface area contributed by atoms with Crippen LogP contribution in [0.15, 0.2) is 48.8 Å². The van der Waals surface area contributed by atoms with Crippen LogP contribution in [0.1, 0.15) is 30.3 Å². The molecule has 0 unspecified atom stereocenters. The Balaban J connectivity index is 1.41. The van der Waals surface area contributed by atoms with E-state index >= 15 is 0 Å². The van der Waals surface area contributed by atoms with Gasteiger partial charge in [-0.05, 0) is 50.1 Å². The predicted octanol–water partition coefficient (Wildman–Crippen LogP) is 3.62. The summed E-state index contributed by atoms with van der Waals surface area (Å²) in [7, 11) is 0. The zero-order valence-corrected chi connectivity index (χ0v) is 17.0. The molecule has 0 aliphatic heterocycles. The van der Waals surface area contributed by atoms with Crippen molar-refractivity contribution in [2.24, 2.45) is 0 Å². The number of carbonyl (C=O) groups is 2. The predicted molar refractivity (Wildman–Crippen MR) is 111 cm³/mol. The van der Waals surface area contributed by atoms with Crippen LogP contribution in [0.5, 0.6) is 11.5 Å². The minimum Gasteiger partial charge on any atom is -0.455 e. The van der Waals surface area contributed by atoms with Gasteiger partial charge >= 0.3 is 11.8 Å². The summed E-state index contributed by atoms with van der Waals surface area (Å²) in [6, 6.07) is 12.7. The highest BCUT2D eigenvalue weighted by molar-refractivity contribution is 6.40. The van der Waals surface area contributed by atoms with Crippen LogP contribution < -0.4 is 15.4 Å². The van der Waals surface area contributed by atoms with Gasteiger partial charge in [-0.2, -0.15) is 0 Å². The molecule has 4 rings (SSSR count). The van der Waals surface area contributed by atoms with Gasteiger partial charge in [-0.25, -0.2) is 0 Å². The van der Waals surface area contributed by atoms with Crippen LogP contribution in [-0.4, -0.2) is 26.6 Å². The molecule has 154 valence electrons. The highest BCUT2D eigenvalue weighted by Gasteiger charge is 2.26. The number of ether oxygens (including phenoxy) is 1. The van der Waals surface area contributed by atoms with Crippen LogP contribution in [0.25, 0.3) is 0 Å². The molecule has 0 radical (unpaired) electrons. The van der Waals surface area contributed by atoms with E-state index in [0.717, 1.165) is 18.4 Å². The quantitative estimate of drug-likeness (QED) is 0.588. The van der Waals surface area contributed by atoms with E-state index in [1.807, 2.05) is 35.8 Å². The Morgan fingerprint density at radius 2 is 1.93 bits per heavy atom. The van der Waals surface area contributed by atoms with Crippen molar-refractivity contribution in [3.8, 4) is 11.5 Å². The second-order valence-corrected chi connectivity index (χ2v) is 7.51. The van der Waals surface area contributed by atoms with Crippen molar-refractivity contribution in [2.75, 3.05) is 5.32 Å². The normalized spacial score (nSPS) is 13.0. The van der Waals surface area contributed by atoms with Gasteiger partial charge in [0.15, 0.2) is 11.6 Å². The second-order valence-electron chi connectivity index (χ2n) is 7.08. The Hall–Kier alpha value is -3.39. The Kier molecular flexibility index (Phi) is 5.67. The van der Waals surface area contributed by atoms with Crippen molar-refractivity contribution >= 4 is 29.1 Å². The zero-order valence-electron chi connectivity index (χ0n) is 16.3. The van der Waals surface area contributed by atoms with E-state index < -0.39 is 11.8 Å². The standard InChI is InChI=1S/C21H20ClN5O3/c1-13-2-7-16(8-3-13)30-18-9-4-14(22)10-17(18)25-21(29)20(28)23-11-19-26-24-12-27(19)15-5-6-15/h2-4,7-10,12,15H,5-6,11H2,1H3,(H,23,28)(H,25,29). The lowest BCUT2D eigenvalue weighted by Crippen LogP contribution is -2.35. The van der Waals surface area contributed by atoms with Crippen molar-refractivity contribution in [3.63, 3.8) is 0 Å². The Morgan fingerprint density at radius 1 is 1.17 bits per heavy atom. The first-order chi connectivity index (χ1) is 14.5. The van der Waals surface area contributed by atoms with Gasteiger partial charge in [-0.15, -0.1) is 10.2 Å². The van der Waals surface area contributed by atoms with E-state index in [-0.39, 0.29) is 6.54 Å². The van der Waals surface area contributed by atoms with Crippen LogP contribution >= 0.6 is 11.6 Å². The maximum atomic E-state index is 12.4. The number of halogens is 1. The highest BCUT2D eigenvalue weighted by atomic mass is 35.5. The Bertz CT molecular complexity index is 1080. The van der Waals surface area contributed by atoms with Gasteiger partial charge in [0, 0.05) is 11.1 Å². The minimum atomic E-state index is -0.830. The summed E-state index contributed by atoms with van der Waals surface area (Å²) >= 11 is 6.06. The molecule has 0 bridgehead atoms. The number of benzene rings is 2. The lowest BCUT2D eigenvalue weighted by atomic mass is 10.2. The fourth-order valence-corrected chi connectivity index (χ4v) is 3.06. The first-order valence-corrected chi connectivity index (χ1v) is 9.89. The van der Waals surface area contributed by atoms with Crippen LogP contribution in [0.2, 0.25) is 5.02 Å². The number of aryl methyl sites for hydroxylation is 1. The number of carbonyl (C=O) groups excluding carboxylic acids is 2. The third-order valence-corrected chi connectivity index (χ3v) is 4.87. The number of hydrogen-bond acceptors (Lipinski definition) is 5. The summed E-state index contributed by atoms with van der Waals surface area (Å²) < 4.78 is 7.76. The molecule has 3 aromatic rings. The van der Waals surface area contributed by atoms with Crippen LogP contribution in [0.3, 0.4) is 0 Å². The maximum absolute atomic E-state index is 12.4. The van der Waals surface area contributed by atoms with Crippen molar-refractivity contribution in [1.29, 1.82) is 0 Å². The van der Waals surface area contributed by atoms with Crippen LogP contribution in [0, 0.1) is 6.92 Å². The summed E-state index contributed by atoms with van der Waals surface area (Å²) in [5.41, 5.74) is 1.39. The molecule has 0 atom stereocenters. The van der Waals surface area contributed by atoms with E-state index in [2.05, 4.69) is 20.8 Å².